The lowest BCUT2D eigenvalue weighted by molar-refractivity contribution is 0.0471. The van der Waals surface area contributed by atoms with E-state index in [2.05, 4.69) is 15.9 Å². The zero-order chi connectivity index (χ0) is 16.3. The topological polar surface area (TPSA) is 63.6 Å². The van der Waals surface area contributed by atoms with Crippen molar-refractivity contribution in [3.63, 3.8) is 0 Å². The van der Waals surface area contributed by atoms with E-state index in [0.717, 1.165) is 0 Å². The summed E-state index contributed by atoms with van der Waals surface area (Å²) < 4.78 is 5.51. The molecule has 0 amide bonds. The van der Waals surface area contributed by atoms with Gasteiger partial charge in [0.25, 0.3) is 0 Å². The minimum Gasteiger partial charge on any atom is -0.507 e. The molecule has 2 rings (SSSR count). The van der Waals surface area contributed by atoms with Crippen molar-refractivity contribution in [2.24, 2.45) is 0 Å². The molecule has 114 valence electrons. The molecule has 0 aromatic heterocycles. The van der Waals surface area contributed by atoms with E-state index in [4.69, 9.17) is 27.9 Å². The van der Waals surface area contributed by atoms with Crippen LogP contribution in [-0.2, 0) is 4.74 Å². The van der Waals surface area contributed by atoms with Gasteiger partial charge in [-0.2, -0.15) is 0 Å². The molecular formula is C15H9BrCl2O4. The molecule has 0 saturated carbocycles. The van der Waals surface area contributed by atoms with Crippen LogP contribution in [0.15, 0.2) is 40.9 Å². The van der Waals surface area contributed by atoms with Crippen LogP contribution in [0, 0.1) is 0 Å². The summed E-state index contributed by atoms with van der Waals surface area (Å²) in [6.45, 7) is -0.469. The third-order valence-electron chi connectivity index (χ3n) is 2.75. The van der Waals surface area contributed by atoms with Crippen molar-refractivity contribution in [1.82, 2.24) is 0 Å². The van der Waals surface area contributed by atoms with Gasteiger partial charge in [-0.1, -0.05) is 39.1 Å². The van der Waals surface area contributed by atoms with Gasteiger partial charge in [0.1, 0.15) is 11.3 Å². The average Bonchev–Trinajstić information content (AvgIpc) is 2.49. The maximum atomic E-state index is 11.9. The van der Waals surface area contributed by atoms with E-state index >= 15 is 0 Å². The number of carbonyl (C=O) groups is 2. The normalized spacial score (nSPS) is 10.3. The number of Topliss-reactive ketones (excluding diaryl/α,β-unsaturated/α-hetero) is 1. The molecule has 0 spiro atoms. The summed E-state index contributed by atoms with van der Waals surface area (Å²) in [4.78, 5) is 23.8. The maximum absolute atomic E-state index is 11.9. The first-order valence-corrected chi connectivity index (χ1v) is 7.57. The Kier molecular flexibility index (Phi) is 5.45. The number of esters is 1. The Bertz CT molecular complexity index is 746. The van der Waals surface area contributed by atoms with Crippen molar-refractivity contribution in [2.75, 3.05) is 6.61 Å². The summed E-state index contributed by atoms with van der Waals surface area (Å²) in [6, 6.07) is 8.70. The molecule has 0 aliphatic rings. The van der Waals surface area contributed by atoms with Crippen molar-refractivity contribution in [3.05, 3.63) is 62.0 Å². The van der Waals surface area contributed by atoms with Crippen LogP contribution in [0.3, 0.4) is 0 Å². The van der Waals surface area contributed by atoms with E-state index in [9.17, 15) is 14.7 Å². The molecule has 4 nitrogen and oxygen atoms in total. The van der Waals surface area contributed by atoms with Gasteiger partial charge in [0, 0.05) is 10.0 Å². The van der Waals surface area contributed by atoms with Crippen LogP contribution < -0.4 is 0 Å². The average molecular weight is 404 g/mol. The predicted octanol–water partition coefficient (Wildman–Crippen LogP) is 4.50. The summed E-state index contributed by atoms with van der Waals surface area (Å²) in [7, 11) is 0. The first-order valence-electron chi connectivity index (χ1n) is 6.02. The molecule has 7 heteroatoms. The molecule has 0 bridgehead atoms. The van der Waals surface area contributed by atoms with Crippen LogP contribution in [-0.4, -0.2) is 23.5 Å². The quantitative estimate of drug-likeness (QED) is 0.602. The highest BCUT2D eigenvalue weighted by Gasteiger charge is 2.16. The fourth-order valence-corrected chi connectivity index (χ4v) is 2.29. The van der Waals surface area contributed by atoms with Crippen molar-refractivity contribution < 1.29 is 19.4 Å². The minimum absolute atomic E-state index is 0.0312. The highest BCUT2D eigenvalue weighted by atomic mass is 79.9. The fraction of sp³-hybridized carbons (Fsp3) is 0.0667. The van der Waals surface area contributed by atoms with E-state index in [1.54, 1.807) is 6.07 Å². The molecule has 22 heavy (non-hydrogen) atoms. The molecule has 0 fully saturated rings. The first kappa shape index (κ1) is 16.8. The number of halogens is 3. The molecule has 0 radical (unpaired) electrons. The Morgan fingerprint density at radius 1 is 1.09 bits per heavy atom. The zero-order valence-electron chi connectivity index (χ0n) is 11.0. The van der Waals surface area contributed by atoms with Crippen molar-refractivity contribution in [3.8, 4) is 5.75 Å². The smallest absolute Gasteiger partial charge is 0.342 e. The highest BCUT2D eigenvalue weighted by molar-refractivity contribution is 9.10. The second-order valence-corrected chi connectivity index (χ2v) is 6.02. The van der Waals surface area contributed by atoms with E-state index < -0.39 is 18.4 Å². The monoisotopic (exact) mass is 402 g/mol. The second kappa shape index (κ2) is 7.13. The van der Waals surface area contributed by atoms with Gasteiger partial charge >= 0.3 is 5.97 Å². The summed E-state index contributed by atoms with van der Waals surface area (Å²) in [5.74, 6) is -1.45. The van der Waals surface area contributed by atoms with Crippen LogP contribution in [0.4, 0.5) is 0 Å². The summed E-state index contributed by atoms with van der Waals surface area (Å²) >= 11 is 14.8. The van der Waals surface area contributed by atoms with Crippen LogP contribution in [0.2, 0.25) is 10.0 Å². The van der Waals surface area contributed by atoms with Gasteiger partial charge in [0.15, 0.2) is 12.4 Å². The van der Waals surface area contributed by atoms with Crippen LogP contribution in [0.5, 0.6) is 5.75 Å². The Balaban J connectivity index is 2.05. The van der Waals surface area contributed by atoms with Gasteiger partial charge in [-0.05, 0) is 36.4 Å². The Morgan fingerprint density at radius 2 is 1.82 bits per heavy atom. The van der Waals surface area contributed by atoms with Gasteiger partial charge in [-0.15, -0.1) is 0 Å². The van der Waals surface area contributed by atoms with E-state index in [1.807, 2.05) is 0 Å². The van der Waals surface area contributed by atoms with E-state index in [1.165, 1.54) is 30.3 Å². The Labute approximate surface area is 144 Å². The largest absolute Gasteiger partial charge is 0.507 e. The van der Waals surface area contributed by atoms with E-state index in [0.29, 0.717) is 9.50 Å². The molecule has 2 aromatic carbocycles. The summed E-state index contributed by atoms with van der Waals surface area (Å²) in [5.41, 5.74) is 0.247. The third kappa shape index (κ3) is 4.00. The highest BCUT2D eigenvalue weighted by Crippen LogP contribution is 2.24. The fourth-order valence-electron chi connectivity index (χ4n) is 1.63. The Hall–Kier alpha value is -1.56. The van der Waals surface area contributed by atoms with Gasteiger partial charge in [0.05, 0.1) is 10.0 Å². The molecule has 1 N–H and O–H groups in total. The Morgan fingerprint density at radius 3 is 2.50 bits per heavy atom. The van der Waals surface area contributed by atoms with Crippen LogP contribution in [0.1, 0.15) is 20.7 Å². The summed E-state index contributed by atoms with van der Waals surface area (Å²) in [6.07, 6.45) is 0. The standard InChI is InChI=1S/C15H9BrCl2O4/c16-9-2-4-13(19)10(6-9)15(21)22-7-14(20)8-1-3-11(17)12(18)5-8/h1-6,19H,7H2. The van der Waals surface area contributed by atoms with Crippen molar-refractivity contribution in [2.45, 2.75) is 0 Å². The maximum Gasteiger partial charge on any atom is 0.342 e. The number of rotatable bonds is 4. The number of phenolic OH excluding ortho intramolecular Hbond substituents is 1. The number of ketones is 1. The van der Waals surface area contributed by atoms with E-state index in [-0.39, 0.29) is 21.9 Å². The number of hydrogen-bond acceptors (Lipinski definition) is 4. The molecule has 0 atom stereocenters. The lowest BCUT2D eigenvalue weighted by Gasteiger charge is -2.07. The van der Waals surface area contributed by atoms with Crippen LogP contribution >= 0.6 is 39.1 Å². The molecule has 2 aromatic rings. The number of aromatic hydroxyl groups is 1. The van der Waals surface area contributed by atoms with Gasteiger partial charge in [-0.3, -0.25) is 4.79 Å². The number of ether oxygens (including phenoxy) is 1. The lowest BCUT2D eigenvalue weighted by atomic mass is 10.1. The second-order valence-electron chi connectivity index (χ2n) is 4.29. The molecule has 0 unspecified atom stereocenters. The predicted molar refractivity (Wildman–Crippen MR) is 86.9 cm³/mol. The van der Waals surface area contributed by atoms with Gasteiger partial charge < -0.3 is 9.84 Å². The van der Waals surface area contributed by atoms with Crippen molar-refractivity contribution in [1.29, 1.82) is 0 Å². The van der Waals surface area contributed by atoms with Gasteiger partial charge in [-0.25, -0.2) is 4.79 Å². The first-order chi connectivity index (χ1) is 10.4. The SMILES string of the molecule is O=C(COC(=O)c1cc(Br)ccc1O)c1ccc(Cl)c(Cl)c1. The summed E-state index contributed by atoms with van der Waals surface area (Å²) in [5, 5.41) is 10.2. The molecular weight excluding hydrogens is 395 g/mol. The van der Waals surface area contributed by atoms with Gasteiger partial charge in [0.2, 0.25) is 0 Å². The van der Waals surface area contributed by atoms with Crippen molar-refractivity contribution >= 4 is 50.9 Å². The number of phenols is 1. The number of hydrogen-bond donors (Lipinski definition) is 1. The molecule has 0 saturated heterocycles. The third-order valence-corrected chi connectivity index (χ3v) is 3.99. The molecule has 0 heterocycles. The number of benzene rings is 2. The zero-order valence-corrected chi connectivity index (χ0v) is 14.1. The molecule has 0 aliphatic carbocycles. The lowest BCUT2D eigenvalue weighted by Crippen LogP contribution is -2.14. The minimum atomic E-state index is -0.799. The number of carbonyl (C=O) groups excluding carboxylic acids is 2. The molecule has 0 aliphatic heterocycles. The van der Waals surface area contributed by atoms with Crippen LogP contribution in [0.25, 0.3) is 0 Å².